The van der Waals surface area contributed by atoms with Crippen molar-refractivity contribution < 1.29 is 0 Å². The van der Waals surface area contributed by atoms with Crippen LogP contribution in [0.2, 0.25) is 0 Å². The van der Waals surface area contributed by atoms with Crippen molar-refractivity contribution in [3.05, 3.63) is 233 Å². The maximum Gasteiger partial charge on any atom is 0.162 e. The van der Waals surface area contributed by atoms with Gasteiger partial charge in [0.05, 0.1) is 0 Å². The van der Waals surface area contributed by atoms with Gasteiger partial charge in [-0.05, 0) is 140 Å². The Balaban J connectivity index is 0.975. The highest BCUT2D eigenvalue weighted by Crippen LogP contribution is 2.44. The van der Waals surface area contributed by atoms with Gasteiger partial charge in [-0.15, -0.1) is 0 Å². The molecule has 344 valence electrons. The Labute approximate surface area is 424 Å². The van der Waals surface area contributed by atoms with E-state index in [1.54, 1.807) is 11.8 Å². The van der Waals surface area contributed by atoms with E-state index >= 15 is 0 Å². The lowest BCUT2D eigenvalue weighted by Gasteiger charge is -2.17. The first kappa shape index (κ1) is 44.4. The molecule has 12 nitrogen and oxygen atoms in total. The number of hydrogen-bond acceptors (Lipinski definition) is 13. The van der Waals surface area contributed by atoms with Crippen LogP contribution in [-0.4, -0.2) is 59.8 Å². The molecule has 0 saturated carbocycles. The van der Waals surface area contributed by atoms with Crippen LogP contribution in [0.25, 0.3) is 112 Å². The van der Waals surface area contributed by atoms with E-state index in [2.05, 4.69) is 193 Å². The summed E-state index contributed by atoms with van der Waals surface area (Å²) in [7, 11) is 0. The summed E-state index contributed by atoms with van der Waals surface area (Å²) in [4.78, 5) is 54.0. The smallest absolute Gasteiger partial charge is 0.162 e. The van der Waals surface area contributed by atoms with Crippen molar-refractivity contribution in [2.75, 3.05) is 0 Å². The Hall–Kier alpha value is -9.85. The molecule has 0 unspecified atom stereocenters. The van der Waals surface area contributed by atoms with Crippen molar-refractivity contribution in [3.8, 4) is 112 Å². The third-order valence-corrected chi connectivity index (χ3v) is 13.4. The van der Waals surface area contributed by atoms with E-state index in [-0.39, 0.29) is 0 Å². The molecular formula is C60H38N12S. The van der Waals surface area contributed by atoms with Gasteiger partial charge in [0.2, 0.25) is 0 Å². The molecule has 0 aliphatic carbocycles. The van der Waals surface area contributed by atoms with Gasteiger partial charge in [-0.25, -0.2) is 59.8 Å². The summed E-state index contributed by atoms with van der Waals surface area (Å²) in [6.07, 6.45) is 12.2. The Morgan fingerprint density at radius 3 is 0.726 bits per heavy atom. The first-order chi connectivity index (χ1) is 36.1. The predicted octanol–water partition coefficient (Wildman–Crippen LogP) is 13.2. The van der Waals surface area contributed by atoms with Gasteiger partial charge in [0, 0.05) is 32.0 Å². The van der Waals surface area contributed by atoms with Gasteiger partial charge in [0.15, 0.2) is 23.3 Å². The lowest BCUT2D eigenvalue weighted by molar-refractivity contribution is 1.06. The van der Waals surface area contributed by atoms with E-state index in [0.29, 0.717) is 23.3 Å². The van der Waals surface area contributed by atoms with E-state index in [1.807, 2.05) is 48.5 Å². The Bertz CT molecular complexity index is 3450. The number of hydrogen-bond donors (Lipinski definition) is 0. The lowest BCUT2D eigenvalue weighted by Crippen LogP contribution is -1.92. The van der Waals surface area contributed by atoms with Gasteiger partial charge in [-0.2, -0.15) is 0 Å². The third kappa shape index (κ3) is 9.71. The third-order valence-electron chi connectivity index (χ3n) is 12.3. The van der Waals surface area contributed by atoms with Crippen molar-refractivity contribution in [1.29, 1.82) is 0 Å². The Morgan fingerprint density at radius 2 is 0.438 bits per heavy atom. The van der Waals surface area contributed by atoms with Gasteiger partial charge in [0.25, 0.3) is 0 Å². The van der Waals surface area contributed by atoms with Crippen LogP contribution in [0.4, 0.5) is 0 Å². The van der Waals surface area contributed by atoms with Crippen molar-refractivity contribution in [2.24, 2.45) is 0 Å². The molecule has 8 aromatic carbocycles. The summed E-state index contributed by atoms with van der Waals surface area (Å²) in [5, 5.41) is 0. The normalized spacial score (nSPS) is 11.1. The van der Waals surface area contributed by atoms with Crippen LogP contribution in [-0.2, 0) is 0 Å². The van der Waals surface area contributed by atoms with Crippen LogP contribution >= 0.6 is 11.8 Å². The number of benzene rings is 8. The molecule has 4 aromatic heterocycles. The molecule has 0 fully saturated rings. The molecule has 4 heterocycles. The van der Waals surface area contributed by atoms with Crippen LogP contribution in [0.3, 0.4) is 0 Å². The van der Waals surface area contributed by atoms with E-state index in [1.165, 1.54) is 50.6 Å². The van der Waals surface area contributed by atoms with Crippen LogP contribution in [0.5, 0.6) is 0 Å². The van der Waals surface area contributed by atoms with Crippen molar-refractivity contribution >= 4 is 11.8 Å². The van der Waals surface area contributed by atoms with E-state index in [0.717, 1.165) is 98.8 Å². The molecule has 12 aromatic rings. The SMILES string of the molecule is c1cc(-c2cc(-c3cccc(-c4ncncn4)c3)cc(-c3ccccc3Sc3ccccc3-c3cc(-c4cccc(-c5ncncn5)c4)cc(-c4cccc(-c5ncncn5)c4)c3)c2)cc(-c2ncncn2)c1. The standard InChI is InChI=1S/C60H38N12S/c1-3-19-55(53(17-1)51-27-47(39-9-5-13-43(21-39)57-65-31-61-32-66-57)25-48(28-51)40-10-6-14-44(22-40)58-67-33-62-34-68-58)73-56-20-4-2-18-54(56)52-29-49(41-11-7-15-45(23-41)59-69-35-63-36-70-59)26-50(30-52)42-12-8-16-46(24-42)60-71-37-64-38-72-60/h1-38H. The van der Waals surface area contributed by atoms with Crippen LogP contribution < -0.4 is 0 Å². The molecule has 0 bridgehead atoms. The van der Waals surface area contributed by atoms with Gasteiger partial charge in [-0.3, -0.25) is 0 Å². The van der Waals surface area contributed by atoms with Gasteiger partial charge >= 0.3 is 0 Å². The summed E-state index contributed by atoms with van der Waals surface area (Å²) >= 11 is 1.75. The summed E-state index contributed by atoms with van der Waals surface area (Å²) in [5.41, 5.74) is 16.2. The largest absolute Gasteiger partial charge is 0.225 e. The number of aromatic nitrogens is 12. The molecule has 13 heteroatoms. The molecule has 0 aliphatic heterocycles. The second-order valence-electron chi connectivity index (χ2n) is 16.9. The average molecular weight is 959 g/mol. The zero-order valence-electron chi connectivity index (χ0n) is 38.7. The maximum atomic E-state index is 4.45. The zero-order valence-corrected chi connectivity index (χ0v) is 39.5. The van der Waals surface area contributed by atoms with E-state index in [9.17, 15) is 0 Å². The van der Waals surface area contributed by atoms with Gasteiger partial charge in [0.1, 0.15) is 50.6 Å². The molecule has 73 heavy (non-hydrogen) atoms. The molecule has 0 atom stereocenters. The highest BCUT2D eigenvalue weighted by molar-refractivity contribution is 7.99. The molecule has 0 amide bonds. The van der Waals surface area contributed by atoms with Crippen molar-refractivity contribution in [3.63, 3.8) is 0 Å². The monoisotopic (exact) mass is 958 g/mol. The molecule has 0 spiro atoms. The highest BCUT2D eigenvalue weighted by Gasteiger charge is 2.17. The summed E-state index contributed by atoms with van der Waals surface area (Å²) in [5.74, 6) is 2.44. The Kier molecular flexibility index (Phi) is 12.3. The van der Waals surface area contributed by atoms with Crippen molar-refractivity contribution in [2.45, 2.75) is 9.79 Å². The second-order valence-corrected chi connectivity index (χ2v) is 17.9. The second kappa shape index (κ2) is 20.2. The molecule has 12 rings (SSSR count). The summed E-state index contributed by atoms with van der Waals surface area (Å²) < 4.78 is 0. The fraction of sp³-hybridized carbons (Fsp3) is 0. The zero-order chi connectivity index (χ0) is 48.8. The fourth-order valence-electron chi connectivity index (χ4n) is 8.84. The first-order valence-corrected chi connectivity index (χ1v) is 24.0. The van der Waals surface area contributed by atoms with Crippen LogP contribution in [0, 0.1) is 0 Å². The van der Waals surface area contributed by atoms with E-state index < -0.39 is 0 Å². The molecular weight excluding hydrogens is 921 g/mol. The molecule has 0 aliphatic rings. The molecule has 0 radical (unpaired) electrons. The topological polar surface area (TPSA) is 155 Å². The quantitative estimate of drug-likeness (QED) is 0.114. The maximum absolute atomic E-state index is 4.45. The molecule has 0 saturated heterocycles. The van der Waals surface area contributed by atoms with E-state index in [4.69, 9.17) is 0 Å². The minimum absolute atomic E-state index is 0.609. The van der Waals surface area contributed by atoms with Crippen LogP contribution in [0.15, 0.2) is 242 Å². The first-order valence-electron chi connectivity index (χ1n) is 23.2. The van der Waals surface area contributed by atoms with Crippen LogP contribution in [0.1, 0.15) is 0 Å². The van der Waals surface area contributed by atoms with Crippen molar-refractivity contribution in [1.82, 2.24) is 59.8 Å². The lowest BCUT2D eigenvalue weighted by atomic mass is 9.92. The minimum Gasteiger partial charge on any atom is -0.225 e. The summed E-state index contributed by atoms with van der Waals surface area (Å²) in [6, 6.07) is 64.0. The number of rotatable bonds is 12. The minimum atomic E-state index is 0.609. The predicted molar refractivity (Wildman–Crippen MR) is 285 cm³/mol. The number of nitrogens with zero attached hydrogens (tertiary/aromatic N) is 12. The summed E-state index contributed by atoms with van der Waals surface area (Å²) in [6.45, 7) is 0. The van der Waals surface area contributed by atoms with Gasteiger partial charge in [-0.1, -0.05) is 121 Å². The highest BCUT2D eigenvalue weighted by atomic mass is 32.2. The van der Waals surface area contributed by atoms with Gasteiger partial charge < -0.3 is 0 Å². The fourth-order valence-corrected chi connectivity index (χ4v) is 9.97. The molecule has 0 N–H and O–H groups in total. The Morgan fingerprint density at radius 1 is 0.205 bits per heavy atom. The average Bonchev–Trinajstić information content (AvgIpc) is 3.48.